The number of methoxy groups -OCH3 is 1. The Morgan fingerprint density at radius 3 is 2.39 bits per heavy atom. The quantitative estimate of drug-likeness (QED) is 0.501. The number of para-hydroxylation sites is 2. The molecule has 0 atom stereocenters. The Morgan fingerprint density at radius 2 is 1.61 bits per heavy atom. The van der Waals surface area contributed by atoms with E-state index in [9.17, 15) is 4.79 Å². The summed E-state index contributed by atoms with van der Waals surface area (Å²) in [6.45, 7) is 2.60. The number of amides is 2. The van der Waals surface area contributed by atoms with Crippen LogP contribution in [0.25, 0.3) is 22.0 Å². The van der Waals surface area contributed by atoms with Crippen LogP contribution in [0.4, 0.5) is 16.3 Å². The lowest BCUT2D eigenvalue weighted by Gasteiger charge is -2.35. The fourth-order valence-corrected chi connectivity index (χ4v) is 4.17. The SMILES string of the molecule is COc1ccccc1NC(=O)N1CCN(c2ccc(-c3cccc4ccccc34)nn2)CC1. The Morgan fingerprint density at radius 1 is 0.848 bits per heavy atom. The Hall–Kier alpha value is -4.13. The lowest BCUT2D eigenvalue weighted by Crippen LogP contribution is -2.50. The first-order valence-corrected chi connectivity index (χ1v) is 11.0. The number of anilines is 2. The van der Waals surface area contributed by atoms with Crippen LogP contribution in [0.5, 0.6) is 5.75 Å². The van der Waals surface area contributed by atoms with Crippen LogP contribution >= 0.6 is 0 Å². The molecule has 1 saturated heterocycles. The van der Waals surface area contributed by atoms with Crippen LogP contribution in [0.3, 0.4) is 0 Å². The molecule has 1 aromatic heterocycles. The maximum atomic E-state index is 12.7. The summed E-state index contributed by atoms with van der Waals surface area (Å²) in [4.78, 5) is 16.7. The third kappa shape index (κ3) is 4.30. The Balaban J connectivity index is 1.24. The van der Waals surface area contributed by atoms with Crippen molar-refractivity contribution < 1.29 is 9.53 Å². The molecule has 1 aliphatic heterocycles. The molecule has 7 heteroatoms. The summed E-state index contributed by atoms with van der Waals surface area (Å²) in [5.74, 6) is 1.47. The molecule has 1 N–H and O–H groups in total. The van der Waals surface area contributed by atoms with Crippen molar-refractivity contribution in [2.45, 2.75) is 0 Å². The second kappa shape index (κ2) is 9.16. The summed E-state index contributed by atoms with van der Waals surface area (Å²) in [7, 11) is 1.59. The van der Waals surface area contributed by atoms with E-state index in [0.29, 0.717) is 37.6 Å². The minimum Gasteiger partial charge on any atom is -0.495 e. The van der Waals surface area contributed by atoms with Gasteiger partial charge in [-0.1, -0.05) is 54.6 Å². The first kappa shape index (κ1) is 20.8. The van der Waals surface area contributed by atoms with Gasteiger partial charge in [-0.05, 0) is 35.0 Å². The van der Waals surface area contributed by atoms with Gasteiger partial charge in [0.25, 0.3) is 0 Å². The van der Waals surface area contributed by atoms with Crippen LogP contribution in [0.2, 0.25) is 0 Å². The largest absolute Gasteiger partial charge is 0.495 e. The molecule has 0 unspecified atom stereocenters. The molecule has 2 heterocycles. The molecule has 166 valence electrons. The Bertz CT molecular complexity index is 1260. The second-order valence-electron chi connectivity index (χ2n) is 7.91. The number of hydrogen-bond acceptors (Lipinski definition) is 5. The Labute approximate surface area is 192 Å². The van der Waals surface area contributed by atoms with Gasteiger partial charge in [-0.25, -0.2) is 4.79 Å². The van der Waals surface area contributed by atoms with Crippen molar-refractivity contribution in [3.63, 3.8) is 0 Å². The van der Waals surface area contributed by atoms with Crippen LogP contribution < -0.4 is 15.0 Å². The van der Waals surface area contributed by atoms with Crippen LogP contribution in [0.1, 0.15) is 0 Å². The van der Waals surface area contributed by atoms with Crippen LogP contribution in [-0.2, 0) is 0 Å². The monoisotopic (exact) mass is 439 g/mol. The van der Waals surface area contributed by atoms with Crippen molar-refractivity contribution in [3.8, 4) is 17.0 Å². The van der Waals surface area contributed by atoms with Crippen molar-refractivity contribution in [1.29, 1.82) is 0 Å². The molecule has 1 aliphatic rings. The van der Waals surface area contributed by atoms with Crippen LogP contribution in [0, 0.1) is 0 Å². The highest BCUT2D eigenvalue weighted by Gasteiger charge is 2.23. The van der Waals surface area contributed by atoms with Gasteiger partial charge in [-0.2, -0.15) is 0 Å². The molecule has 7 nitrogen and oxygen atoms in total. The van der Waals surface area contributed by atoms with Crippen LogP contribution in [-0.4, -0.2) is 54.4 Å². The molecule has 0 saturated carbocycles. The fourth-order valence-electron chi connectivity index (χ4n) is 4.17. The molecule has 0 bridgehead atoms. The standard InChI is InChI=1S/C26H25N5O2/c1-33-24-12-5-4-11-23(24)27-26(32)31-17-15-30(16-18-31)25-14-13-22(28-29-25)21-10-6-8-19-7-2-3-9-20(19)21/h2-14H,15-18H2,1H3,(H,27,32). The van der Waals surface area contributed by atoms with Gasteiger partial charge >= 0.3 is 6.03 Å². The van der Waals surface area contributed by atoms with Gasteiger partial charge in [0.2, 0.25) is 0 Å². The van der Waals surface area contributed by atoms with Gasteiger partial charge in [-0.15, -0.1) is 10.2 Å². The van der Waals surface area contributed by atoms with E-state index in [1.807, 2.05) is 54.6 Å². The van der Waals surface area contributed by atoms with Gasteiger partial charge in [0, 0.05) is 31.7 Å². The van der Waals surface area contributed by atoms with Gasteiger partial charge in [0.15, 0.2) is 5.82 Å². The third-order valence-corrected chi connectivity index (χ3v) is 5.96. The predicted octanol–water partition coefficient (Wildman–Crippen LogP) is 4.66. The highest BCUT2D eigenvalue weighted by Crippen LogP contribution is 2.28. The maximum absolute atomic E-state index is 12.7. The van der Waals surface area contributed by atoms with Crippen molar-refractivity contribution >= 4 is 28.3 Å². The number of urea groups is 1. The zero-order chi connectivity index (χ0) is 22.6. The molecule has 2 amide bonds. The number of aromatic nitrogens is 2. The molecule has 5 rings (SSSR count). The summed E-state index contributed by atoms with van der Waals surface area (Å²) in [5, 5.41) is 14.3. The van der Waals surface area contributed by atoms with Crippen molar-refractivity contribution in [1.82, 2.24) is 15.1 Å². The summed E-state index contributed by atoms with van der Waals surface area (Å²) in [5.41, 5.74) is 2.60. The topological polar surface area (TPSA) is 70.6 Å². The molecular weight excluding hydrogens is 414 g/mol. The lowest BCUT2D eigenvalue weighted by molar-refractivity contribution is 0.208. The average molecular weight is 440 g/mol. The molecule has 4 aromatic rings. The first-order chi connectivity index (χ1) is 16.2. The summed E-state index contributed by atoms with van der Waals surface area (Å²) in [6, 6.07) is 25.8. The number of carbonyl (C=O) groups excluding carboxylic acids is 1. The number of fused-ring (bicyclic) bond motifs is 1. The first-order valence-electron chi connectivity index (χ1n) is 11.0. The molecule has 0 spiro atoms. The van der Waals surface area contributed by atoms with Crippen molar-refractivity contribution in [2.24, 2.45) is 0 Å². The third-order valence-electron chi connectivity index (χ3n) is 5.96. The summed E-state index contributed by atoms with van der Waals surface area (Å²) < 4.78 is 5.32. The zero-order valence-electron chi connectivity index (χ0n) is 18.4. The predicted molar refractivity (Wildman–Crippen MR) is 131 cm³/mol. The van der Waals surface area contributed by atoms with Crippen molar-refractivity contribution in [3.05, 3.63) is 78.9 Å². The van der Waals surface area contributed by atoms with E-state index < -0.39 is 0 Å². The number of piperazine rings is 1. The molecule has 0 aliphatic carbocycles. The molecule has 1 fully saturated rings. The average Bonchev–Trinajstić information content (AvgIpc) is 2.89. The van der Waals surface area contributed by atoms with E-state index in [1.54, 1.807) is 12.0 Å². The number of hydrogen-bond donors (Lipinski definition) is 1. The van der Waals surface area contributed by atoms with E-state index in [2.05, 4.69) is 44.7 Å². The number of rotatable bonds is 4. The second-order valence-corrected chi connectivity index (χ2v) is 7.91. The molecule has 33 heavy (non-hydrogen) atoms. The van der Waals surface area contributed by atoms with E-state index in [-0.39, 0.29) is 6.03 Å². The van der Waals surface area contributed by atoms with Gasteiger partial charge in [0.05, 0.1) is 18.5 Å². The zero-order valence-corrected chi connectivity index (χ0v) is 18.4. The van der Waals surface area contributed by atoms with E-state index >= 15 is 0 Å². The molecular formula is C26H25N5O2. The van der Waals surface area contributed by atoms with Crippen molar-refractivity contribution in [2.75, 3.05) is 43.5 Å². The highest BCUT2D eigenvalue weighted by molar-refractivity contribution is 5.95. The highest BCUT2D eigenvalue weighted by atomic mass is 16.5. The number of ether oxygens (including phenoxy) is 1. The summed E-state index contributed by atoms with van der Waals surface area (Å²) in [6.07, 6.45) is 0. The smallest absolute Gasteiger partial charge is 0.322 e. The summed E-state index contributed by atoms with van der Waals surface area (Å²) >= 11 is 0. The van der Waals surface area contributed by atoms with Gasteiger partial charge < -0.3 is 19.9 Å². The lowest BCUT2D eigenvalue weighted by atomic mass is 10.0. The van der Waals surface area contributed by atoms with Gasteiger partial charge in [0.1, 0.15) is 5.75 Å². The maximum Gasteiger partial charge on any atom is 0.322 e. The number of carbonyl (C=O) groups is 1. The van der Waals surface area contributed by atoms with E-state index in [1.165, 1.54) is 5.39 Å². The minimum absolute atomic E-state index is 0.128. The molecule has 3 aromatic carbocycles. The van der Waals surface area contributed by atoms with E-state index in [0.717, 1.165) is 22.5 Å². The molecule has 0 radical (unpaired) electrons. The van der Waals surface area contributed by atoms with E-state index in [4.69, 9.17) is 4.74 Å². The minimum atomic E-state index is -0.128. The number of nitrogens with zero attached hydrogens (tertiary/aromatic N) is 4. The van der Waals surface area contributed by atoms with Crippen LogP contribution in [0.15, 0.2) is 78.9 Å². The Kier molecular flexibility index (Phi) is 5.76. The normalized spacial score (nSPS) is 13.7. The fraction of sp³-hybridized carbons (Fsp3) is 0.192. The van der Waals surface area contributed by atoms with Gasteiger partial charge in [-0.3, -0.25) is 0 Å². The number of nitrogens with one attached hydrogen (secondary N) is 1. The number of benzene rings is 3.